The molecule has 2 aromatic carbocycles. The zero-order valence-corrected chi connectivity index (χ0v) is 17.0. The molecule has 160 valence electrons. The summed E-state index contributed by atoms with van der Waals surface area (Å²) in [5, 5.41) is 3.86. The van der Waals surface area contributed by atoms with Crippen molar-refractivity contribution in [1.82, 2.24) is 9.78 Å². The summed E-state index contributed by atoms with van der Waals surface area (Å²) in [5.41, 5.74) is 0.144. The van der Waals surface area contributed by atoms with Crippen LogP contribution in [0.25, 0.3) is 0 Å². The van der Waals surface area contributed by atoms with E-state index in [-0.39, 0.29) is 16.8 Å². The van der Waals surface area contributed by atoms with E-state index in [1.165, 1.54) is 24.4 Å². The fourth-order valence-corrected chi connectivity index (χ4v) is 3.90. The lowest BCUT2D eigenvalue weighted by molar-refractivity contribution is 0.431. The Labute approximate surface area is 171 Å². The molecule has 0 saturated carbocycles. The molecule has 30 heavy (non-hydrogen) atoms. The van der Waals surface area contributed by atoms with Gasteiger partial charge < -0.3 is 0 Å². The highest BCUT2D eigenvalue weighted by atomic mass is 32.2. The molecule has 0 aliphatic carbocycles. The Morgan fingerprint density at radius 1 is 1.00 bits per heavy atom. The number of rotatable bonds is 7. The summed E-state index contributed by atoms with van der Waals surface area (Å²) >= 11 is 0. The van der Waals surface area contributed by atoms with Gasteiger partial charge in [-0.2, -0.15) is 5.10 Å². The van der Waals surface area contributed by atoms with Gasteiger partial charge in [-0.05, 0) is 30.0 Å². The lowest BCUT2D eigenvalue weighted by atomic mass is 10.0. The van der Waals surface area contributed by atoms with Crippen molar-refractivity contribution in [2.45, 2.75) is 31.7 Å². The average Bonchev–Trinajstić information content (AvgIpc) is 3.10. The van der Waals surface area contributed by atoms with Crippen LogP contribution in [-0.2, 0) is 23.0 Å². The largest absolute Gasteiger partial charge is 0.266 e. The van der Waals surface area contributed by atoms with Gasteiger partial charge in [-0.1, -0.05) is 26.0 Å². The van der Waals surface area contributed by atoms with Crippen molar-refractivity contribution in [3.8, 4) is 0 Å². The summed E-state index contributed by atoms with van der Waals surface area (Å²) in [6.45, 7) is 3.48. The SMILES string of the molecule is CC(C)Cc1ccc(S(=O)(=O)Nc2ccn(Cc3c(F)c(F)cc(F)c3F)n2)cc1. The fourth-order valence-electron chi connectivity index (χ4n) is 2.90. The highest BCUT2D eigenvalue weighted by Crippen LogP contribution is 2.21. The van der Waals surface area contributed by atoms with E-state index in [2.05, 4.69) is 23.7 Å². The van der Waals surface area contributed by atoms with Crippen LogP contribution in [-0.4, -0.2) is 18.2 Å². The fraction of sp³-hybridized carbons (Fsp3) is 0.250. The molecule has 0 amide bonds. The van der Waals surface area contributed by atoms with Crippen molar-refractivity contribution in [2.24, 2.45) is 5.92 Å². The minimum absolute atomic E-state index is 0.0221. The average molecular weight is 441 g/mol. The zero-order valence-electron chi connectivity index (χ0n) is 16.2. The van der Waals surface area contributed by atoms with Gasteiger partial charge in [-0.15, -0.1) is 0 Å². The summed E-state index contributed by atoms with van der Waals surface area (Å²) in [5.74, 6) is -5.81. The van der Waals surface area contributed by atoms with E-state index < -0.39 is 45.4 Å². The maximum absolute atomic E-state index is 13.8. The predicted molar refractivity (Wildman–Crippen MR) is 103 cm³/mol. The molecule has 0 bridgehead atoms. The smallest absolute Gasteiger partial charge is 0.263 e. The molecule has 3 aromatic rings. The highest BCUT2D eigenvalue weighted by Gasteiger charge is 2.20. The maximum Gasteiger partial charge on any atom is 0.263 e. The van der Waals surface area contributed by atoms with Crippen LogP contribution in [0.4, 0.5) is 23.4 Å². The number of nitrogens with one attached hydrogen (secondary N) is 1. The van der Waals surface area contributed by atoms with Gasteiger partial charge >= 0.3 is 0 Å². The second-order valence-corrected chi connectivity index (χ2v) is 8.88. The molecule has 0 aliphatic rings. The molecule has 10 heteroatoms. The van der Waals surface area contributed by atoms with Gasteiger partial charge in [0.15, 0.2) is 29.1 Å². The molecular weight excluding hydrogens is 422 g/mol. The van der Waals surface area contributed by atoms with Gasteiger partial charge in [-0.3, -0.25) is 9.40 Å². The standard InChI is InChI=1S/C20H19F4N3O2S/c1-12(2)9-13-3-5-14(6-4-13)30(28,29)26-18-7-8-27(25-18)11-15-19(23)16(21)10-17(22)20(15)24/h3-8,10,12H,9,11H2,1-2H3,(H,25,26). The maximum atomic E-state index is 13.8. The first-order chi connectivity index (χ1) is 14.1. The third kappa shape index (κ3) is 4.81. The summed E-state index contributed by atoms with van der Waals surface area (Å²) in [4.78, 5) is 0.0221. The van der Waals surface area contributed by atoms with Crippen molar-refractivity contribution in [3.05, 3.63) is 77.0 Å². The lowest BCUT2D eigenvalue weighted by Gasteiger charge is -2.09. The molecule has 0 radical (unpaired) electrons. The summed E-state index contributed by atoms with van der Waals surface area (Å²) in [6, 6.07) is 7.75. The first kappa shape index (κ1) is 21.8. The molecule has 0 spiro atoms. The van der Waals surface area contributed by atoms with Gasteiger partial charge in [0.25, 0.3) is 10.0 Å². The molecule has 0 fully saturated rings. The first-order valence-corrected chi connectivity index (χ1v) is 10.5. The molecule has 5 nitrogen and oxygen atoms in total. The number of nitrogens with zero attached hydrogens (tertiary/aromatic N) is 2. The van der Waals surface area contributed by atoms with E-state index in [1.807, 2.05) is 0 Å². The molecule has 1 N–H and O–H groups in total. The van der Waals surface area contributed by atoms with Crippen molar-refractivity contribution >= 4 is 15.8 Å². The Kier molecular flexibility index (Phi) is 6.16. The Morgan fingerprint density at radius 2 is 1.60 bits per heavy atom. The molecule has 3 rings (SSSR count). The summed E-state index contributed by atoms with van der Waals surface area (Å²) < 4.78 is 82.5. The monoisotopic (exact) mass is 441 g/mol. The topological polar surface area (TPSA) is 64.0 Å². The third-order valence-corrected chi connectivity index (χ3v) is 5.65. The molecule has 1 aromatic heterocycles. The number of aromatic nitrogens is 2. The van der Waals surface area contributed by atoms with Crippen LogP contribution in [0.5, 0.6) is 0 Å². The second kappa shape index (κ2) is 8.47. The van der Waals surface area contributed by atoms with Crippen LogP contribution in [0.2, 0.25) is 0 Å². The Balaban J connectivity index is 1.77. The number of hydrogen-bond donors (Lipinski definition) is 1. The van der Waals surface area contributed by atoms with Gasteiger partial charge in [-0.25, -0.2) is 26.0 Å². The molecule has 0 atom stereocenters. The van der Waals surface area contributed by atoms with Crippen molar-refractivity contribution in [1.29, 1.82) is 0 Å². The summed E-state index contributed by atoms with van der Waals surface area (Å²) in [7, 11) is -3.94. The van der Waals surface area contributed by atoms with Crippen LogP contribution in [0, 0.1) is 29.2 Å². The quantitative estimate of drug-likeness (QED) is 0.434. The Bertz CT molecular complexity index is 1130. The van der Waals surface area contributed by atoms with Crippen molar-refractivity contribution < 1.29 is 26.0 Å². The number of halogens is 4. The Hall–Kier alpha value is -2.88. The van der Waals surface area contributed by atoms with E-state index in [0.717, 1.165) is 16.7 Å². The van der Waals surface area contributed by atoms with Crippen LogP contribution < -0.4 is 4.72 Å². The molecule has 0 unspecified atom stereocenters. The lowest BCUT2D eigenvalue weighted by Crippen LogP contribution is -2.14. The number of benzene rings is 2. The minimum Gasteiger partial charge on any atom is -0.266 e. The number of anilines is 1. The zero-order chi connectivity index (χ0) is 22.1. The van der Waals surface area contributed by atoms with Gasteiger partial charge in [0.2, 0.25) is 0 Å². The van der Waals surface area contributed by atoms with Crippen LogP contribution >= 0.6 is 0 Å². The minimum atomic E-state index is -3.94. The van der Waals surface area contributed by atoms with Gasteiger partial charge in [0.1, 0.15) is 0 Å². The molecule has 1 heterocycles. The third-order valence-electron chi connectivity index (χ3n) is 4.28. The summed E-state index contributed by atoms with van der Waals surface area (Å²) in [6.07, 6.45) is 2.04. The van der Waals surface area contributed by atoms with Crippen molar-refractivity contribution in [2.75, 3.05) is 4.72 Å². The number of sulfonamides is 1. The number of hydrogen-bond acceptors (Lipinski definition) is 3. The van der Waals surface area contributed by atoms with Crippen LogP contribution in [0.3, 0.4) is 0 Å². The van der Waals surface area contributed by atoms with Crippen molar-refractivity contribution in [3.63, 3.8) is 0 Å². The first-order valence-electron chi connectivity index (χ1n) is 9.04. The second-order valence-electron chi connectivity index (χ2n) is 7.19. The predicted octanol–water partition coefficient (Wildman–Crippen LogP) is 4.49. The highest BCUT2D eigenvalue weighted by molar-refractivity contribution is 7.92. The van der Waals surface area contributed by atoms with E-state index in [4.69, 9.17) is 0 Å². The van der Waals surface area contributed by atoms with Crippen LogP contribution in [0.15, 0.2) is 47.5 Å². The van der Waals surface area contributed by atoms with E-state index in [9.17, 15) is 26.0 Å². The normalized spacial score (nSPS) is 11.8. The van der Waals surface area contributed by atoms with Gasteiger partial charge in [0.05, 0.1) is 17.0 Å². The van der Waals surface area contributed by atoms with Crippen LogP contribution in [0.1, 0.15) is 25.0 Å². The Morgan fingerprint density at radius 3 is 2.17 bits per heavy atom. The molecule has 0 saturated heterocycles. The van der Waals surface area contributed by atoms with E-state index in [1.54, 1.807) is 12.1 Å². The van der Waals surface area contributed by atoms with E-state index in [0.29, 0.717) is 5.92 Å². The van der Waals surface area contributed by atoms with E-state index >= 15 is 0 Å². The van der Waals surface area contributed by atoms with Gasteiger partial charge in [0, 0.05) is 18.3 Å². The molecular formula is C20H19F4N3O2S. The molecule has 0 aliphatic heterocycles.